The summed E-state index contributed by atoms with van der Waals surface area (Å²) in [5.74, 6) is -0.149. The summed E-state index contributed by atoms with van der Waals surface area (Å²) in [4.78, 5) is 18.2. The van der Waals surface area contributed by atoms with Crippen LogP contribution in [0.1, 0.15) is 6.92 Å². The average molecular weight is 167 g/mol. The largest absolute Gasteiger partial charge is 0.467 e. The number of hydrogen-bond donors (Lipinski definition) is 1. The van der Waals surface area contributed by atoms with Crippen LogP contribution in [0.25, 0.3) is 0 Å². The molecule has 0 aromatic carbocycles. The molecular weight excluding hydrogens is 158 g/mol. The van der Waals surface area contributed by atoms with Crippen LogP contribution >= 0.6 is 0 Å². The minimum Gasteiger partial charge on any atom is -0.467 e. The molecule has 0 bridgehead atoms. The second-order valence-electron chi connectivity index (χ2n) is 2.14. The highest BCUT2D eigenvalue weighted by molar-refractivity contribution is 5.88. The number of carbonyl (C=O) groups is 1. The zero-order valence-corrected chi connectivity index (χ0v) is 6.87. The van der Waals surface area contributed by atoms with Crippen molar-refractivity contribution in [3.8, 4) is 6.01 Å². The lowest BCUT2D eigenvalue weighted by molar-refractivity contribution is -0.114. The Balaban J connectivity index is 2.71. The van der Waals surface area contributed by atoms with Crippen molar-refractivity contribution >= 4 is 11.6 Å². The standard InChI is InChI=1S/C7H9N3O2/c1-5(11)10-6-3-8-7(12-2)9-4-6/h3-4H,1-2H3,(H,10,11). The number of anilines is 1. The first kappa shape index (κ1) is 8.45. The van der Waals surface area contributed by atoms with Gasteiger partial charge in [-0.15, -0.1) is 0 Å². The minimum absolute atomic E-state index is 0.149. The maximum absolute atomic E-state index is 10.6. The van der Waals surface area contributed by atoms with Crippen LogP contribution in [0.5, 0.6) is 6.01 Å². The number of ether oxygens (including phenoxy) is 1. The smallest absolute Gasteiger partial charge is 0.316 e. The molecule has 1 N–H and O–H groups in total. The fourth-order valence-corrected chi connectivity index (χ4v) is 0.689. The van der Waals surface area contributed by atoms with E-state index in [0.717, 1.165) is 0 Å². The molecule has 1 rings (SSSR count). The molecule has 0 aliphatic heterocycles. The molecule has 1 amide bonds. The summed E-state index contributed by atoms with van der Waals surface area (Å²) >= 11 is 0. The molecular formula is C7H9N3O2. The number of carbonyl (C=O) groups excluding carboxylic acids is 1. The van der Waals surface area contributed by atoms with Gasteiger partial charge in [0.2, 0.25) is 5.91 Å². The molecule has 5 heteroatoms. The monoisotopic (exact) mass is 167 g/mol. The fraction of sp³-hybridized carbons (Fsp3) is 0.286. The van der Waals surface area contributed by atoms with E-state index >= 15 is 0 Å². The Kier molecular flexibility index (Phi) is 2.57. The fourth-order valence-electron chi connectivity index (χ4n) is 0.689. The summed E-state index contributed by atoms with van der Waals surface area (Å²) in [6.07, 6.45) is 2.96. The summed E-state index contributed by atoms with van der Waals surface area (Å²) in [5, 5.41) is 2.54. The SMILES string of the molecule is COc1ncc(NC(C)=O)cn1. The molecule has 0 aliphatic rings. The van der Waals surface area contributed by atoms with Gasteiger partial charge in [-0.05, 0) is 0 Å². The molecule has 0 fully saturated rings. The summed E-state index contributed by atoms with van der Waals surface area (Å²) in [7, 11) is 1.48. The second kappa shape index (κ2) is 3.66. The highest BCUT2D eigenvalue weighted by atomic mass is 16.5. The lowest BCUT2D eigenvalue weighted by Gasteiger charge is -2.00. The van der Waals surface area contributed by atoms with Gasteiger partial charge in [-0.2, -0.15) is 0 Å². The normalized spacial score (nSPS) is 9.17. The molecule has 1 aromatic heterocycles. The van der Waals surface area contributed by atoms with Gasteiger partial charge in [-0.1, -0.05) is 0 Å². The molecule has 64 valence electrons. The van der Waals surface area contributed by atoms with Crippen molar-refractivity contribution in [3.63, 3.8) is 0 Å². The maximum Gasteiger partial charge on any atom is 0.316 e. The maximum atomic E-state index is 10.6. The first-order valence-corrected chi connectivity index (χ1v) is 3.36. The number of amides is 1. The highest BCUT2D eigenvalue weighted by Gasteiger charge is 1.97. The van der Waals surface area contributed by atoms with Gasteiger partial charge in [0.25, 0.3) is 0 Å². The Labute approximate surface area is 69.8 Å². The second-order valence-corrected chi connectivity index (χ2v) is 2.14. The molecule has 0 aliphatic carbocycles. The van der Waals surface area contributed by atoms with Gasteiger partial charge in [-0.3, -0.25) is 4.79 Å². The van der Waals surface area contributed by atoms with Gasteiger partial charge in [0.1, 0.15) is 0 Å². The van der Waals surface area contributed by atoms with Gasteiger partial charge >= 0.3 is 6.01 Å². The van der Waals surface area contributed by atoms with E-state index in [0.29, 0.717) is 5.69 Å². The summed E-state index contributed by atoms with van der Waals surface area (Å²) in [6, 6.07) is 0.282. The van der Waals surface area contributed by atoms with E-state index in [2.05, 4.69) is 15.3 Å². The van der Waals surface area contributed by atoms with Crippen LogP contribution in [0.4, 0.5) is 5.69 Å². The van der Waals surface area contributed by atoms with Gasteiger partial charge in [0, 0.05) is 6.92 Å². The molecule has 1 heterocycles. The van der Waals surface area contributed by atoms with E-state index in [1.165, 1.54) is 26.4 Å². The Bertz CT molecular complexity index is 270. The molecule has 0 unspecified atom stereocenters. The van der Waals surface area contributed by atoms with Crippen molar-refractivity contribution in [2.45, 2.75) is 6.92 Å². The molecule has 0 saturated heterocycles. The zero-order valence-electron chi connectivity index (χ0n) is 6.87. The lowest BCUT2D eigenvalue weighted by Crippen LogP contribution is -2.06. The lowest BCUT2D eigenvalue weighted by atomic mass is 10.5. The van der Waals surface area contributed by atoms with E-state index < -0.39 is 0 Å². The van der Waals surface area contributed by atoms with E-state index in [9.17, 15) is 4.79 Å². The number of hydrogen-bond acceptors (Lipinski definition) is 4. The Morgan fingerprint density at radius 1 is 1.50 bits per heavy atom. The van der Waals surface area contributed by atoms with Crippen LogP contribution in [0.3, 0.4) is 0 Å². The van der Waals surface area contributed by atoms with Crippen molar-refractivity contribution < 1.29 is 9.53 Å². The molecule has 0 spiro atoms. The third-order valence-corrected chi connectivity index (χ3v) is 1.13. The van der Waals surface area contributed by atoms with Crippen molar-refractivity contribution in [2.24, 2.45) is 0 Å². The van der Waals surface area contributed by atoms with Crippen LogP contribution in [0.15, 0.2) is 12.4 Å². The van der Waals surface area contributed by atoms with Crippen LogP contribution < -0.4 is 10.1 Å². The third-order valence-electron chi connectivity index (χ3n) is 1.13. The Morgan fingerprint density at radius 2 is 2.08 bits per heavy atom. The number of nitrogens with zero attached hydrogens (tertiary/aromatic N) is 2. The molecule has 1 aromatic rings. The average Bonchev–Trinajstić information content (AvgIpc) is 2.05. The minimum atomic E-state index is -0.149. The predicted octanol–water partition coefficient (Wildman–Crippen LogP) is 0.444. The topological polar surface area (TPSA) is 64.1 Å². The number of aromatic nitrogens is 2. The van der Waals surface area contributed by atoms with Gasteiger partial charge < -0.3 is 10.1 Å². The van der Waals surface area contributed by atoms with Gasteiger partial charge in [0.05, 0.1) is 25.2 Å². The zero-order chi connectivity index (χ0) is 8.97. The summed E-state index contributed by atoms with van der Waals surface area (Å²) in [5.41, 5.74) is 0.559. The first-order valence-electron chi connectivity index (χ1n) is 3.36. The third kappa shape index (κ3) is 2.19. The van der Waals surface area contributed by atoms with Gasteiger partial charge in [0.15, 0.2) is 0 Å². The van der Waals surface area contributed by atoms with Crippen LogP contribution in [-0.2, 0) is 4.79 Å². The number of rotatable bonds is 2. The van der Waals surface area contributed by atoms with Crippen molar-refractivity contribution in [3.05, 3.63) is 12.4 Å². The number of nitrogens with one attached hydrogen (secondary N) is 1. The van der Waals surface area contributed by atoms with Crippen LogP contribution in [0.2, 0.25) is 0 Å². The van der Waals surface area contributed by atoms with Crippen molar-refractivity contribution in [1.82, 2.24) is 9.97 Å². The van der Waals surface area contributed by atoms with Crippen molar-refractivity contribution in [1.29, 1.82) is 0 Å². The molecule has 0 radical (unpaired) electrons. The Hall–Kier alpha value is -1.65. The summed E-state index contributed by atoms with van der Waals surface area (Å²) < 4.78 is 4.74. The predicted molar refractivity (Wildman–Crippen MR) is 42.9 cm³/mol. The quantitative estimate of drug-likeness (QED) is 0.694. The van der Waals surface area contributed by atoms with Crippen LogP contribution in [-0.4, -0.2) is 23.0 Å². The molecule has 12 heavy (non-hydrogen) atoms. The molecule has 0 saturated carbocycles. The van der Waals surface area contributed by atoms with E-state index in [1.54, 1.807) is 0 Å². The highest BCUT2D eigenvalue weighted by Crippen LogP contribution is 2.05. The van der Waals surface area contributed by atoms with Crippen molar-refractivity contribution in [2.75, 3.05) is 12.4 Å². The van der Waals surface area contributed by atoms with E-state index in [4.69, 9.17) is 4.74 Å². The number of methoxy groups -OCH3 is 1. The molecule has 5 nitrogen and oxygen atoms in total. The van der Waals surface area contributed by atoms with Gasteiger partial charge in [-0.25, -0.2) is 9.97 Å². The van der Waals surface area contributed by atoms with E-state index in [1.807, 2.05) is 0 Å². The van der Waals surface area contributed by atoms with Crippen LogP contribution in [0, 0.1) is 0 Å². The Morgan fingerprint density at radius 3 is 2.50 bits per heavy atom. The molecule has 0 atom stereocenters. The van der Waals surface area contributed by atoms with E-state index in [-0.39, 0.29) is 11.9 Å². The summed E-state index contributed by atoms with van der Waals surface area (Å²) in [6.45, 7) is 1.42. The first-order chi connectivity index (χ1) is 5.72.